The smallest absolute Gasteiger partial charge is 0.0956 e. The normalized spacial score (nSPS) is 22.1. The molecule has 0 saturated heterocycles. The van der Waals surface area contributed by atoms with E-state index in [1.165, 1.54) is 21.0 Å². The largest absolute Gasteiger partial charge is 0.391 e. The summed E-state index contributed by atoms with van der Waals surface area (Å²) >= 11 is 1.79. The maximum absolute atomic E-state index is 10.4. The first-order valence-corrected chi connectivity index (χ1v) is 8.78. The second-order valence-corrected chi connectivity index (χ2v) is 7.56. The highest BCUT2D eigenvalue weighted by atomic mass is 32.1. The standard InChI is InChI=1S/C18H24N2OS/c1-10(2)18-20-12(4)17(22-18)11(3)19-16-14-8-6-5-7-13(14)9-15(16)21/h5-8,10-11,15-16,19,21H,9H2,1-4H3. The average molecular weight is 316 g/mol. The van der Waals surface area contributed by atoms with Crippen molar-refractivity contribution >= 4 is 11.3 Å². The van der Waals surface area contributed by atoms with E-state index in [1.807, 2.05) is 12.1 Å². The lowest BCUT2D eigenvalue weighted by atomic mass is 10.1. The quantitative estimate of drug-likeness (QED) is 0.899. The summed E-state index contributed by atoms with van der Waals surface area (Å²) in [6.07, 6.45) is 0.386. The van der Waals surface area contributed by atoms with Gasteiger partial charge in [-0.2, -0.15) is 0 Å². The van der Waals surface area contributed by atoms with E-state index in [0.717, 1.165) is 12.1 Å². The Kier molecular flexibility index (Phi) is 4.35. The third-order valence-corrected chi connectivity index (χ3v) is 6.01. The highest BCUT2D eigenvalue weighted by molar-refractivity contribution is 7.11. The minimum Gasteiger partial charge on any atom is -0.391 e. The molecule has 1 aliphatic carbocycles. The molecule has 22 heavy (non-hydrogen) atoms. The van der Waals surface area contributed by atoms with Crippen LogP contribution in [0.25, 0.3) is 0 Å². The van der Waals surface area contributed by atoms with Crippen LogP contribution in [-0.4, -0.2) is 16.2 Å². The van der Waals surface area contributed by atoms with Crippen LogP contribution in [0, 0.1) is 6.92 Å². The van der Waals surface area contributed by atoms with E-state index >= 15 is 0 Å². The van der Waals surface area contributed by atoms with E-state index in [0.29, 0.717) is 5.92 Å². The summed E-state index contributed by atoms with van der Waals surface area (Å²) in [7, 11) is 0. The molecule has 0 bridgehead atoms. The van der Waals surface area contributed by atoms with Gasteiger partial charge in [0.05, 0.1) is 22.8 Å². The number of hydrogen-bond acceptors (Lipinski definition) is 4. The van der Waals surface area contributed by atoms with E-state index < -0.39 is 0 Å². The van der Waals surface area contributed by atoms with E-state index in [-0.39, 0.29) is 18.2 Å². The highest BCUT2D eigenvalue weighted by Crippen LogP contribution is 2.35. The van der Waals surface area contributed by atoms with Crippen LogP contribution in [0.3, 0.4) is 0 Å². The van der Waals surface area contributed by atoms with Gasteiger partial charge in [-0.1, -0.05) is 38.1 Å². The number of fused-ring (bicyclic) bond motifs is 1. The van der Waals surface area contributed by atoms with E-state index in [1.54, 1.807) is 11.3 Å². The molecule has 3 atom stereocenters. The van der Waals surface area contributed by atoms with Crippen molar-refractivity contribution < 1.29 is 5.11 Å². The van der Waals surface area contributed by atoms with Crippen LogP contribution in [0.2, 0.25) is 0 Å². The molecule has 3 unspecified atom stereocenters. The summed E-state index contributed by atoms with van der Waals surface area (Å²) in [5.41, 5.74) is 3.59. The molecule has 1 aromatic heterocycles. The van der Waals surface area contributed by atoms with Gasteiger partial charge in [0.2, 0.25) is 0 Å². The van der Waals surface area contributed by atoms with E-state index in [4.69, 9.17) is 0 Å². The summed E-state index contributed by atoms with van der Waals surface area (Å²) in [5, 5.41) is 15.2. The number of aliphatic hydroxyl groups is 1. The summed E-state index contributed by atoms with van der Waals surface area (Å²) in [6.45, 7) is 8.60. The molecule has 2 aromatic rings. The van der Waals surface area contributed by atoms with Crippen LogP contribution in [-0.2, 0) is 6.42 Å². The minimum absolute atomic E-state index is 0.00944. The molecule has 1 aromatic carbocycles. The maximum atomic E-state index is 10.4. The third kappa shape index (κ3) is 2.83. The topological polar surface area (TPSA) is 45.2 Å². The van der Waals surface area contributed by atoms with Crippen LogP contribution in [0.4, 0.5) is 0 Å². The van der Waals surface area contributed by atoms with Crippen LogP contribution in [0.5, 0.6) is 0 Å². The summed E-state index contributed by atoms with van der Waals surface area (Å²) in [5.74, 6) is 0.461. The molecular formula is C18H24N2OS. The lowest BCUT2D eigenvalue weighted by Crippen LogP contribution is -2.30. The number of aryl methyl sites for hydroxylation is 1. The lowest BCUT2D eigenvalue weighted by molar-refractivity contribution is 0.136. The number of hydrogen-bond donors (Lipinski definition) is 2. The first-order chi connectivity index (χ1) is 10.5. The van der Waals surface area contributed by atoms with Crippen molar-refractivity contribution in [2.45, 2.75) is 58.2 Å². The van der Waals surface area contributed by atoms with Crippen LogP contribution < -0.4 is 5.32 Å². The molecule has 0 amide bonds. The lowest BCUT2D eigenvalue weighted by Gasteiger charge is -2.22. The highest BCUT2D eigenvalue weighted by Gasteiger charge is 2.32. The van der Waals surface area contributed by atoms with E-state index in [2.05, 4.69) is 50.1 Å². The Morgan fingerprint density at radius 2 is 2.00 bits per heavy atom. The zero-order chi connectivity index (χ0) is 15.9. The number of nitrogens with zero attached hydrogens (tertiary/aromatic N) is 1. The van der Waals surface area contributed by atoms with Crippen molar-refractivity contribution in [3.8, 4) is 0 Å². The van der Waals surface area contributed by atoms with Crippen LogP contribution in [0.1, 0.15) is 65.5 Å². The molecular weight excluding hydrogens is 292 g/mol. The molecule has 0 saturated carbocycles. The van der Waals surface area contributed by atoms with Crippen molar-refractivity contribution in [2.24, 2.45) is 0 Å². The van der Waals surface area contributed by atoms with Gasteiger partial charge in [-0.25, -0.2) is 4.98 Å². The molecule has 118 valence electrons. The number of aromatic nitrogens is 1. The second-order valence-electron chi connectivity index (χ2n) is 6.49. The molecule has 2 N–H and O–H groups in total. The zero-order valence-electron chi connectivity index (χ0n) is 13.6. The minimum atomic E-state index is -0.349. The van der Waals surface area contributed by atoms with Gasteiger partial charge in [0.25, 0.3) is 0 Å². The van der Waals surface area contributed by atoms with Crippen molar-refractivity contribution in [3.63, 3.8) is 0 Å². The van der Waals surface area contributed by atoms with Crippen LogP contribution >= 0.6 is 11.3 Å². The Bertz CT molecular complexity index is 665. The van der Waals surface area contributed by atoms with Crippen molar-refractivity contribution in [1.29, 1.82) is 0 Å². The SMILES string of the molecule is Cc1nc(C(C)C)sc1C(C)NC1c2ccccc2CC1O. The van der Waals surface area contributed by atoms with Crippen LogP contribution in [0.15, 0.2) is 24.3 Å². The van der Waals surface area contributed by atoms with Gasteiger partial charge >= 0.3 is 0 Å². The number of benzene rings is 1. The molecule has 3 nitrogen and oxygen atoms in total. The fourth-order valence-electron chi connectivity index (χ4n) is 3.20. The number of nitrogens with one attached hydrogen (secondary N) is 1. The Labute approximate surface area is 136 Å². The molecule has 0 aliphatic heterocycles. The molecule has 1 heterocycles. The molecule has 4 heteroatoms. The van der Waals surface area contributed by atoms with Gasteiger partial charge in [-0.15, -0.1) is 11.3 Å². The third-order valence-electron chi connectivity index (χ3n) is 4.37. The predicted molar refractivity (Wildman–Crippen MR) is 91.4 cm³/mol. The Morgan fingerprint density at radius 3 is 2.68 bits per heavy atom. The number of thiazole rings is 1. The van der Waals surface area contributed by atoms with E-state index in [9.17, 15) is 5.11 Å². The number of rotatable bonds is 4. The van der Waals surface area contributed by atoms with Crippen molar-refractivity contribution in [1.82, 2.24) is 10.3 Å². The summed E-state index contributed by atoms with van der Waals surface area (Å²) in [4.78, 5) is 5.96. The van der Waals surface area contributed by atoms with Crippen molar-refractivity contribution in [3.05, 3.63) is 51.0 Å². The van der Waals surface area contributed by atoms with Gasteiger partial charge in [0.15, 0.2) is 0 Å². The Balaban J connectivity index is 1.81. The Hall–Kier alpha value is -1.23. The van der Waals surface area contributed by atoms with Gasteiger partial charge < -0.3 is 10.4 Å². The zero-order valence-corrected chi connectivity index (χ0v) is 14.4. The predicted octanol–water partition coefficient (Wildman–Crippen LogP) is 3.88. The molecule has 3 rings (SSSR count). The fraction of sp³-hybridized carbons (Fsp3) is 0.500. The number of aliphatic hydroxyl groups excluding tert-OH is 1. The van der Waals surface area contributed by atoms with Gasteiger partial charge in [0.1, 0.15) is 0 Å². The summed E-state index contributed by atoms with van der Waals surface area (Å²) < 4.78 is 0. The summed E-state index contributed by atoms with van der Waals surface area (Å²) in [6, 6.07) is 8.52. The molecule has 0 fully saturated rings. The first-order valence-electron chi connectivity index (χ1n) is 7.96. The van der Waals surface area contributed by atoms with Gasteiger partial charge in [-0.3, -0.25) is 0 Å². The first kappa shape index (κ1) is 15.7. The molecule has 0 spiro atoms. The second kappa shape index (κ2) is 6.11. The molecule has 1 aliphatic rings. The van der Waals surface area contributed by atoms with Gasteiger partial charge in [0, 0.05) is 23.3 Å². The van der Waals surface area contributed by atoms with Crippen molar-refractivity contribution in [2.75, 3.05) is 0 Å². The Morgan fingerprint density at radius 1 is 1.27 bits per heavy atom. The van der Waals surface area contributed by atoms with Gasteiger partial charge in [-0.05, 0) is 25.0 Å². The molecule has 0 radical (unpaired) electrons. The maximum Gasteiger partial charge on any atom is 0.0956 e. The average Bonchev–Trinajstić information content (AvgIpc) is 3.00. The fourth-order valence-corrected chi connectivity index (χ4v) is 4.28. The monoisotopic (exact) mass is 316 g/mol.